The van der Waals surface area contributed by atoms with Crippen molar-refractivity contribution in [2.24, 2.45) is 16.9 Å². The molecule has 0 saturated heterocycles. The first-order chi connectivity index (χ1) is 29.3. The first kappa shape index (κ1) is 41.3. The number of rotatable bonds is 10. The van der Waals surface area contributed by atoms with E-state index in [0.29, 0.717) is 27.7 Å². The van der Waals surface area contributed by atoms with Crippen molar-refractivity contribution >= 4 is 50.0 Å². The van der Waals surface area contributed by atoms with Gasteiger partial charge in [0.05, 0.1) is 40.5 Å². The second-order valence-corrected chi connectivity index (χ2v) is 18.0. The first-order valence-electron chi connectivity index (χ1n) is 19.2. The maximum Gasteiger partial charge on any atom is 0.293 e. The molecule has 13 nitrogen and oxygen atoms in total. The Morgan fingerprint density at radius 3 is 2.48 bits per heavy atom. The molecular weight excluding hydrogens is 864 g/mol. The van der Waals surface area contributed by atoms with Crippen LogP contribution in [-0.4, -0.2) is 68.8 Å². The van der Waals surface area contributed by atoms with Gasteiger partial charge in [0, 0.05) is 47.3 Å². The summed E-state index contributed by atoms with van der Waals surface area (Å²) in [5.74, 6) is -9.77. The van der Waals surface area contributed by atoms with Crippen LogP contribution >= 0.6 is 11.6 Å². The fraction of sp³-hybridized carbons (Fsp3) is 0.317. The average Bonchev–Trinajstić information content (AvgIpc) is 3.72. The van der Waals surface area contributed by atoms with Gasteiger partial charge in [-0.2, -0.15) is 19.0 Å². The van der Waals surface area contributed by atoms with Crippen LogP contribution in [-0.2, 0) is 33.7 Å². The molecule has 2 aromatic carbocycles. The van der Waals surface area contributed by atoms with Crippen LogP contribution in [0.4, 0.5) is 26.3 Å². The summed E-state index contributed by atoms with van der Waals surface area (Å²) in [7, 11) is -2.36. The number of likely N-dealkylation sites (N-methyl/N-ethyl adjacent to an activating group) is 1. The molecular formula is C41H34ClF6N9O4S. The van der Waals surface area contributed by atoms with Crippen LogP contribution < -0.4 is 15.6 Å². The van der Waals surface area contributed by atoms with E-state index >= 15 is 13.6 Å². The molecule has 0 spiro atoms. The lowest BCUT2D eigenvalue weighted by Gasteiger charge is -2.33. The minimum absolute atomic E-state index is 0.000834. The highest BCUT2D eigenvalue weighted by molar-refractivity contribution is 7.89. The van der Waals surface area contributed by atoms with Crippen LogP contribution in [0.15, 0.2) is 81.7 Å². The standard InChI is InChI=1S/C41H34ClF6N9O4S/c1-18-5-4-6-27(49-18)20-7-8-23-28(14-20)51-39(57(40(23)59)30-10-9-26(42)33-35(30)55(2)53-38(33)54-62(3,60)61)29(13-19-11-21(43)15-22(44)12-19)50-31(58)17-56-36-32(34(52-56)37(45)46)24-16-25(24)41(36,47)48/h4-12,14-15,24-25,29,33,35,37H,13,16-17H2,1-3H3,(H,50,58)(H,53,54)/t24-,25+,29-,33?,35?/m0/s1. The second-order valence-electron chi connectivity index (χ2n) is 15.8. The number of sulfonamides is 1. The molecule has 1 saturated carbocycles. The summed E-state index contributed by atoms with van der Waals surface area (Å²) in [6, 6.07) is 10.3. The Labute approximate surface area is 353 Å². The van der Waals surface area contributed by atoms with Gasteiger partial charge in [-0.3, -0.25) is 33.6 Å². The number of benzene rings is 2. The number of aryl methyl sites for hydroxylation is 1. The molecule has 62 heavy (non-hydrogen) atoms. The van der Waals surface area contributed by atoms with Crippen molar-refractivity contribution in [1.29, 1.82) is 0 Å². The smallest absolute Gasteiger partial charge is 0.293 e. The van der Waals surface area contributed by atoms with Gasteiger partial charge in [-0.05, 0) is 73.4 Å². The summed E-state index contributed by atoms with van der Waals surface area (Å²) in [6.07, 6.45) is 0.201. The van der Waals surface area contributed by atoms with Crippen molar-refractivity contribution in [2.45, 2.75) is 56.7 Å². The van der Waals surface area contributed by atoms with Crippen molar-refractivity contribution < 1.29 is 39.6 Å². The molecule has 21 heteroatoms. The summed E-state index contributed by atoms with van der Waals surface area (Å²) in [5.41, 5.74) is -0.573. The number of pyridine rings is 1. The van der Waals surface area contributed by atoms with Crippen LogP contribution in [0.3, 0.4) is 0 Å². The van der Waals surface area contributed by atoms with Crippen LogP contribution in [0, 0.1) is 30.4 Å². The van der Waals surface area contributed by atoms with Gasteiger partial charge in [0.25, 0.3) is 17.9 Å². The number of allylic oxidation sites excluding steroid dienone is 2. The molecule has 4 heterocycles. The molecule has 5 aromatic rings. The molecule has 3 aliphatic carbocycles. The monoisotopic (exact) mass is 897 g/mol. The summed E-state index contributed by atoms with van der Waals surface area (Å²) in [6.45, 7) is 0.826. The van der Waals surface area contributed by atoms with E-state index < -0.39 is 99.7 Å². The number of hydrazone groups is 1. The number of carbonyl (C=O) groups excluding carboxylic acids is 1. The number of hydrogen-bond acceptors (Lipinski definition) is 9. The fourth-order valence-electron chi connectivity index (χ4n) is 8.83. The van der Waals surface area contributed by atoms with E-state index in [1.165, 1.54) is 30.3 Å². The lowest BCUT2D eigenvalue weighted by molar-refractivity contribution is -0.123. The molecule has 322 valence electrons. The molecule has 2 unspecified atom stereocenters. The van der Waals surface area contributed by atoms with Crippen molar-refractivity contribution in [1.82, 2.24) is 39.4 Å². The van der Waals surface area contributed by atoms with E-state index in [9.17, 15) is 30.8 Å². The Morgan fingerprint density at radius 2 is 1.79 bits per heavy atom. The highest BCUT2D eigenvalue weighted by Crippen LogP contribution is 2.68. The summed E-state index contributed by atoms with van der Waals surface area (Å²) < 4.78 is 118. The Kier molecular flexibility index (Phi) is 9.88. The highest BCUT2D eigenvalue weighted by atomic mass is 35.5. The maximum atomic E-state index is 15.5. The predicted octanol–water partition coefficient (Wildman–Crippen LogP) is 6.26. The van der Waals surface area contributed by atoms with E-state index in [0.717, 1.165) is 23.0 Å². The quantitative estimate of drug-likeness (QED) is 0.156. The van der Waals surface area contributed by atoms with Crippen molar-refractivity contribution in [3.05, 3.63) is 128 Å². The Hall–Kier alpha value is -6.02. The van der Waals surface area contributed by atoms with E-state index in [1.54, 1.807) is 37.3 Å². The third-order valence-electron chi connectivity index (χ3n) is 11.4. The largest absolute Gasteiger partial charge is 0.344 e. The van der Waals surface area contributed by atoms with Crippen LogP contribution in [0.25, 0.3) is 27.9 Å². The minimum Gasteiger partial charge on any atom is -0.344 e. The highest BCUT2D eigenvalue weighted by Gasteiger charge is 2.67. The number of alkyl halides is 4. The molecule has 0 radical (unpaired) electrons. The normalized spacial score (nSPS) is 21.5. The molecule has 1 aliphatic heterocycles. The number of fused-ring (bicyclic) bond motifs is 5. The number of amides is 1. The first-order valence-corrected chi connectivity index (χ1v) is 21.4. The number of hydrogen-bond donors (Lipinski definition) is 2. The number of amidine groups is 1. The zero-order chi connectivity index (χ0) is 44.2. The van der Waals surface area contributed by atoms with Gasteiger partial charge in [0.1, 0.15) is 47.3 Å². The van der Waals surface area contributed by atoms with Gasteiger partial charge >= 0.3 is 0 Å². The Morgan fingerprint density at radius 1 is 1.05 bits per heavy atom. The zero-order valence-corrected chi connectivity index (χ0v) is 34.3. The lowest BCUT2D eigenvalue weighted by Crippen LogP contribution is -2.44. The van der Waals surface area contributed by atoms with Crippen LogP contribution in [0.5, 0.6) is 0 Å². The number of nitrogens with zero attached hydrogens (tertiary/aromatic N) is 7. The van der Waals surface area contributed by atoms with Gasteiger partial charge in [-0.25, -0.2) is 31.0 Å². The maximum absolute atomic E-state index is 15.5. The predicted molar refractivity (Wildman–Crippen MR) is 216 cm³/mol. The Balaban J connectivity index is 1.22. The van der Waals surface area contributed by atoms with Gasteiger partial charge in [0.2, 0.25) is 15.9 Å². The van der Waals surface area contributed by atoms with Crippen molar-refractivity contribution in [3.8, 4) is 11.3 Å². The summed E-state index contributed by atoms with van der Waals surface area (Å²) >= 11 is 6.69. The van der Waals surface area contributed by atoms with Gasteiger partial charge < -0.3 is 5.32 Å². The Bertz CT molecular complexity index is 2990. The van der Waals surface area contributed by atoms with Crippen LogP contribution in [0.2, 0.25) is 0 Å². The van der Waals surface area contributed by atoms with Crippen LogP contribution in [0.1, 0.15) is 58.8 Å². The number of halogens is 7. The molecule has 3 aromatic heterocycles. The zero-order valence-electron chi connectivity index (χ0n) is 32.8. The number of nitrogens with one attached hydrogen (secondary N) is 2. The van der Waals surface area contributed by atoms with Gasteiger partial charge in [-0.15, -0.1) is 0 Å². The molecule has 2 N–H and O–H groups in total. The van der Waals surface area contributed by atoms with Crippen molar-refractivity contribution in [3.63, 3.8) is 0 Å². The topological polar surface area (TPSA) is 156 Å². The van der Waals surface area contributed by atoms with E-state index in [2.05, 4.69) is 25.2 Å². The number of aromatic nitrogens is 5. The SMILES string of the molecule is Cc1cccc(-c2ccc3c(=O)n(C4=CC=C(Cl)C5C(NS(C)(=O)=O)=NN(C)C45)c([C@H](Cc4cc(F)cc(F)c4)NC(=O)Cn4nc(C(F)F)c5c4C(F)(F)[C@@H]4C[C@H]54)nc3c2)n1. The van der Waals surface area contributed by atoms with Gasteiger partial charge in [-0.1, -0.05) is 23.7 Å². The van der Waals surface area contributed by atoms with E-state index in [4.69, 9.17) is 16.6 Å². The molecule has 9 rings (SSSR count). The summed E-state index contributed by atoms with van der Waals surface area (Å²) in [5, 5.41) is 12.4. The van der Waals surface area contributed by atoms with Gasteiger partial charge in [0.15, 0.2) is 0 Å². The average molecular weight is 898 g/mol. The molecule has 1 amide bonds. The lowest BCUT2D eigenvalue weighted by atomic mass is 9.91. The van der Waals surface area contributed by atoms with E-state index in [-0.39, 0.29) is 50.8 Å². The fourth-order valence-corrected chi connectivity index (χ4v) is 9.66. The van der Waals surface area contributed by atoms with Crippen molar-refractivity contribution in [2.75, 3.05) is 13.3 Å². The molecule has 5 atom stereocenters. The summed E-state index contributed by atoms with van der Waals surface area (Å²) in [4.78, 5) is 38.7. The molecule has 4 aliphatic rings. The van der Waals surface area contributed by atoms with E-state index in [1.807, 2.05) is 0 Å². The number of carbonyl (C=O) groups is 1. The molecule has 1 fully saturated rings. The second kappa shape index (κ2) is 14.8. The minimum atomic E-state index is -3.87. The third-order valence-corrected chi connectivity index (χ3v) is 12.3. The molecule has 0 bridgehead atoms. The third kappa shape index (κ3) is 7.21.